The van der Waals surface area contributed by atoms with Gasteiger partial charge in [0.15, 0.2) is 0 Å². The van der Waals surface area contributed by atoms with Crippen molar-refractivity contribution in [3.63, 3.8) is 0 Å². The predicted octanol–water partition coefficient (Wildman–Crippen LogP) is 3.80. The first kappa shape index (κ1) is 16.9. The third-order valence-electron chi connectivity index (χ3n) is 3.86. The van der Waals surface area contributed by atoms with Crippen molar-refractivity contribution in [2.75, 3.05) is 12.4 Å². The van der Waals surface area contributed by atoms with Crippen LogP contribution in [0.2, 0.25) is 5.02 Å². The molecule has 1 aliphatic heterocycles. The minimum absolute atomic E-state index is 0.0815. The number of amides is 2. The van der Waals surface area contributed by atoms with Crippen LogP contribution in [0, 0.1) is 0 Å². The number of nitrogens with zero attached hydrogens (tertiary/aromatic N) is 1. The molecule has 4 nitrogen and oxygen atoms in total. The second-order valence-electron chi connectivity index (χ2n) is 5.64. The zero-order valence-electron chi connectivity index (χ0n) is 13.2. The normalized spacial score (nSPS) is 16.2. The molecule has 3 rings (SSSR count). The second-order valence-corrected chi connectivity index (χ2v) is 7.29. The van der Waals surface area contributed by atoms with E-state index in [1.807, 2.05) is 42.5 Å². The number of carbonyl (C=O) groups excluding carboxylic acids is 2. The molecule has 2 aromatic carbocycles. The van der Waals surface area contributed by atoms with Crippen LogP contribution >= 0.6 is 23.4 Å². The van der Waals surface area contributed by atoms with Gasteiger partial charge >= 0.3 is 0 Å². The highest BCUT2D eigenvalue weighted by Gasteiger charge is 2.29. The number of benzene rings is 2. The van der Waals surface area contributed by atoms with Gasteiger partial charge in [-0.2, -0.15) is 0 Å². The number of rotatable bonds is 4. The van der Waals surface area contributed by atoms with Gasteiger partial charge in [0.05, 0.1) is 10.9 Å². The molecule has 2 aromatic rings. The van der Waals surface area contributed by atoms with E-state index < -0.39 is 5.25 Å². The average Bonchev–Trinajstić information content (AvgIpc) is 2.57. The molecule has 0 saturated heterocycles. The maximum absolute atomic E-state index is 12.5. The molecule has 0 bridgehead atoms. The van der Waals surface area contributed by atoms with Crippen molar-refractivity contribution in [1.29, 1.82) is 0 Å². The van der Waals surface area contributed by atoms with Crippen LogP contribution in [0.5, 0.6) is 0 Å². The minimum atomic E-state index is -0.416. The van der Waals surface area contributed by atoms with Crippen molar-refractivity contribution in [3.8, 4) is 0 Å². The maximum Gasteiger partial charge on any atom is 0.238 e. The van der Waals surface area contributed by atoms with Crippen LogP contribution in [0.25, 0.3) is 0 Å². The monoisotopic (exact) mass is 360 g/mol. The highest BCUT2D eigenvalue weighted by Crippen LogP contribution is 2.36. The van der Waals surface area contributed by atoms with E-state index in [1.54, 1.807) is 18.0 Å². The lowest BCUT2D eigenvalue weighted by molar-refractivity contribution is -0.131. The maximum atomic E-state index is 12.5. The third kappa shape index (κ3) is 3.74. The molecule has 0 saturated carbocycles. The Bertz CT molecular complexity index is 781. The van der Waals surface area contributed by atoms with Crippen molar-refractivity contribution in [3.05, 3.63) is 59.1 Å². The first-order valence-corrected chi connectivity index (χ1v) is 8.84. The van der Waals surface area contributed by atoms with Crippen molar-refractivity contribution < 1.29 is 9.59 Å². The van der Waals surface area contributed by atoms with Gasteiger partial charge in [0, 0.05) is 29.9 Å². The number of thioether (sulfide) groups is 1. The van der Waals surface area contributed by atoms with E-state index in [0.717, 1.165) is 16.1 Å². The van der Waals surface area contributed by atoms with Crippen LogP contribution in [-0.4, -0.2) is 29.0 Å². The van der Waals surface area contributed by atoms with Crippen molar-refractivity contribution in [1.82, 2.24) is 4.90 Å². The number of anilines is 1. The molecule has 0 radical (unpaired) electrons. The Labute approximate surface area is 150 Å². The molecule has 124 valence electrons. The number of hydrogen-bond acceptors (Lipinski definition) is 3. The van der Waals surface area contributed by atoms with E-state index in [2.05, 4.69) is 5.32 Å². The molecular weight excluding hydrogens is 344 g/mol. The summed E-state index contributed by atoms with van der Waals surface area (Å²) in [5.41, 5.74) is 1.70. The van der Waals surface area contributed by atoms with E-state index in [0.29, 0.717) is 11.6 Å². The van der Waals surface area contributed by atoms with Crippen molar-refractivity contribution in [2.24, 2.45) is 0 Å². The molecule has 6 heteroatoms. The fraction of sp³-hybridized carbons (Fsp3) is 0.222. The Kier molecular flexibility index (Phi) is 5.11. The van der Waals surface area contributed by atoms with Crippen molar-refractivity contribution >= 4 is 40.9 Å². The summed E-state index contributed by atoms with van der Waals surface area (Å²) < 4.78 is 0. The number of carbonyl (C=O) groups is 2. The van der Waals surface area contributed by atoms with E-state index in [9.17, 15) is 9.59 Å². The SMILES string of the molecule is CN(Cc1ccccc1Cl)C(=O)C[C@@H]1Sc2ccccc2NC1=O. The van der Waals surface area contributed by atoms with Crippen molar-refractivity contribution in [2.45, 2.75) is 23.1 Å². The van der Waals surface area contributed by atoms with Gasteiger partial charge in [0.2, 0.25) is 11.8 Å². The lowest BCUT2D eigenvalue weighted by Gasteiger charge is -2.25. The quantitative estimate of drug-likeness (QED) is 0.902. The summed E-state index contributed by atoms with van der Waals surface area (Å²) in [6.07, 6.45) is 0.159. The van der Waals surface area contributed by atoms with Crippen LogP contribution in [0.15, 0.2) is 53.4 Å². The van der Waals surface area contributed by atoms with Crippen LogP contribution in [-0.2, 0) is 16.1 Å². The van der Waals surface area contributed by atoms with E-state index >= 15 is 0 Å². The van der Waals surface area contributed by atoms with Gasteiger partial charge in [-0.1, -0.05) is 41.9 Å². The first-order chi connectivity index (χ1) is 11.5. The average molecular weight is 361 g/mol. The summed E-state index contributed by atoms with van der Waals surface area (Å²) in [6, 6.07) is 15.1. The molecule has 0 spiro atoms. The molecule has 0 aliphatic carbocycles. The molecule has 1 atom stereocenters. The van der Waals surface area contributed by atoms with Gasteiger partial charge in [-0.15, -0.1) is 11.8 Å². The third-order valence-corrected chi connectivity index (χ3v) is 5.50. The molecular formula is C18H17ClN2O2S. The van der Waals surface area contributed by atoms with Gasteiger partial charge in [0.1, 0.15) is 0 Å². The summed E-state index contributed by atoms with van der Waals surface area (Å²) in [7, 11) is 1.73. The standard InChI is InChI=1S/C18H17ClN2O2S/c1-21(11-12-6-2-3-7-13(12)19)17(22)10-16-18(23)20-14-8-4-5-9-15(14)24-16/h2-9,16H,10-11H2,1H3,(H,20,23)/t16-/m0/s1. The fourth-order valence-corrected chi connectivity index (χ4v) is 3.81. The fourth-order valence-electron chi connectivity index (χ4n) is 2.51. The Morgan fingerprint density at radius 3 is 2.71 bits per heavy atom. The minimum Gasteiger partial charge on any atom is -0.341 e. The zero-order chi connectivity index (χ0) is 17.1. The topological polar surface area (TPSA) is 49.4 Å². The van der Waals surface area contributed by atoms with E-state index in [1.165, 1.54) is 11.8 Å². The summed E-state index contributed by atoms with van der Waals surface area (Å²) in [5.74, 6) is -0.208. The van der Waals surface area contributed by atoms with Crippen LogP contribution in [0.4, 0.5) is 5.69 Å². The van der Waals surface area contributed by atoms with Gasteiger partial charge in [-0.3, -0.25) is 9.59 Å². The molecule has 2 amide bonds. The summed E-state index contributed by atoms with van der Waals surface area (Å²) in [4.78, 5) is 27.3. The Morgan fingerprint density at radius 2 is 1.92 bits per heavy atom. The Hall–Kier alpha value is -1.98. The van der Waals surface area contributed by atoms with E-state index in [-0.39, 0.29) is 18.2 Å². The number of para-hydroxylation sites is 1. The Morgan fingerprint density at radius 1 is 1.21 bits per heavy atom. The van der Waals surface area contributed by atoms with Gasteiger partial charge in [0.25, 0.3) is 0 Å². The van der Waals surface area contributed by atoms with Crippen LogP contribution < -0.4 is 5.32 Å². The smallest absolute Gasteiger partial charge is 0.238 e. The molecule has 0 fully saturated rings. The lowest BCUT2D eigenvalue weighted by atomic mass is 10.2. The van der Waals surface area contributed by atoms with Gasteiger partial charge < -0.3 is 10.2 Å². The molecule has 0 unspecified atom stereocenters. The first-order valence-electron chi connectivity index (χ1n) is 7.58. The summed E-state index contributed by atoms with van der Waals surface area (Å²) >= 11 is 7.57. The number of hydrogen-bond donors (Lipinski definition) is 1. The van der Waals surface area contributed by atoms with Crippen LogP contribution in [0.3, 0.4) is 0 Å². The molecule has 1 aliphatic rings. The largest absolute Gasteiger partial charge is 0.341 e. The molecule has 24 heavy (non-hydrogen) atoms. The molecule has 1 heterocycles. The lowest BCUT2D eigenvalue weighted by Crippen LogP contribution is -2.35. The summed E-state index contributed by atoms with van der Waals surface area (Å²) in [5, 5.41) is 3.08. The Balaban J connectivity index is 1.64. The van der Waals surface area contributed by atoms with Gasteiger partial charge in [-0.05, 0) is 23.8 Å². The van der Waals surface area contributed by atoms with Gasteiger partial charge in [-0.25, -0.2) is 0 Å². The predicted molar refractivity (Wildman–Crippen MR) is 97.3 cm³/mol. The highest BCUT2D eigenvalue weighted by atomic mass is 35.5. The zero-order valence-corrected chi connectivity index (χ0v) is 14.7. The summed E-state index contributed by atoms with van der Waals surface area (Å²) in [6.45, 7) is 0.425. The number of nitrogens with one attached hydrogen (secondary N) is 1. The number of halogens is 1. The van der Waals surface area contributed by atoms with E-state index in [4.69, 9.17) is 11.6 Å². The molecule has 1 N–H and O–H groups in total. The number of fused-ring (bicyclic) bond motifs is 1. The highest BCUT2D eigenvalue weighted by molar-refractivity contribution is 8.01. The second kappa shape index (κ2) is 7.28. The molecule has 0 aromatic heterocycles. The van der Waals surface area contributed by atoms with Crippen LogP contribution in [0.1, 0.15) is 12.0 Å².